The number of esters is 2. The van der Waals surface area contributed by atoms with E-state index in [-0.39, 0.29) is 18.5 Å². The summed E-state index contributed by atoms with van der Waals surface area (Å²) < 4.78 is 11.1. The number of aliphatic hydroxyl groups excluding tert-OH is 1. The lowest BCUT2D eigenvalue weighted by atomic mass is 9.95. The van der Waals surface area contributed by atoms with Crippen LogP contribution in [0.15, 0.2) is 0 Å². The number of carbonyl (C=O) groups excluding carboxylic acids is 2. The summed E-state index contributed by atoms with van der Waals surface area (Å²) in [5.74, 6) is 6.73. The van der Waals surface area contributed by atoms with Gasteiger partial charge in [-0.1, -0.05) is 111 Å². The minimum Gasteiger partial charge on any atom is -0.466 e. The molecular weight excluding hydrogens is 586 g/mol. The fourth-order valence-corrected chi connectivity index (χ4v) is 5.90. The van der Waals surface area contributed by atoms with E-state index in [0.717, 1.165) is 96.7 Å². The molecule has 0 saturated carbocycles. The molecule has 6 nitrogen and oxygen atoms in total. The summed E-state index contributed by atoms with van der Waals surface area (Å²) >= 11 is 0. The van der Waals surface area contributed by atoms with Crippen LogP contribution in [-0.4, -0.2) is 61.4 Å². The number of hydrogen-bond donors (Lipinski definition) is 1. The molecule has 0 bridgehead atoms. The van der Waals surface area contributed by atoms with Gasteiger partial charge in [0, 0.05) is 38.8 Å². The van der Waals surface area contributed by atoms with E-state index in [1.165, 1.54) is 83.5 Å². The van der Waals surface area contributed by atoms with Crippen molar-refractivity contribution in [2.75, 3.05) is 39.5 Å². The Morgan fingerprint density at radius 3 is 1.66 bits per heavy atom. The molecule has 0 saturated heterocycles. The van der Waals surface area contributed by atoms with Crippen LogP contribution in [0.4, 0.5) is 0 Å². The molecule has 0 aromatic rings. The number of ether oxygens (including phenoxy) is 2. The lowest BCUT2D eigenvalue weighted by Gasteiger charge is -2.22. The first kappa shape index (κ1) is 45.4. The lowest BCUT2D eigenvalue weighted by molar-refractivity contribution is -0.145. The molecule has 1 unspecified atom stereocenters. The molecule has 0 aliphatic rings. The van der Waals surface area contributed by atoms with E-state index in [4.69, 9.17) is 9.47 Å². The van der Waals surface area contributed by atoms with Crippen LogP contribution in [0, 0.1) is 17.8 Å². The van der Waals surface area contributed by atoms with Crippen LogP contribution in [0.5, 0.6) is 0 Å². The second kappa shape index (κ2) is 37.2. The van der Waals surface area contributed by atoms with Gasteiger partial charge in [-0.15, -0.1) is 11.8 Å². The second-order valence-electron chi connectivity index (χ2n) is 13.6. The molecule has 0 spiro atoms. The Balaban J connectivity index is 4.04. The van der Waals surface area contributed by atoms with Gasteiger partial charge < -0.3 is 19.5 Å². The second-order valence-corrected chi connectivity index (χ2v) is 13.6. The number of nitrogens with zero attached hydrogens (tertiary/aromatic N) is 1. The fraction of sp³-hybridized carbons (Fsp3) is 0.902. The van der Waals surface area contributed by atoms with E-state index in [0.29, 0.717) is 32.0 Å². The van der Waals surface area contributed by atoms with Crippen LogP contribution < -0.4 is 0 Å². The van der Waals surface area contributed by atoms with Gasteiger partial charge in [0.05, 0.1) is 13.2 Å². The van der Waals surface area contributed by atoms with Crippen LogP contribution in [0.25, 0.3) is 0 Å². The molecule has 1 N–H and O–H groups in total. The number of rotatable bonds is 35. The van der Waals surface area contributed by atoms with Gasteiger partial charge in [0.2, 0.25) is 0 Å². The van der Waals surface area contributed by atoms with Gasteiger partial charge in [-0.2, -0.15) is 0 Å². The summed E-state index contributed by atoms with van der Waals surface area (Å²) in [5.41, 5.74) is 0. The van der Waals surface area contributed by atoms with Crippen LogP contribution in [0.1, 0.15) is 194 Å². The first-order valence-electron chi connectivity index (χ1n) is 20.2. The Bertz CT molecular complexity index is 746. The van der Waals surface area contributed by atoms with Crippen molar-refractivity contribution in [2.24, 2.45) is 5.92 Å². The molecule has 0 rings (SSSR count). The Morgan fingerprint density at radius 1 is 0.553 bits per heavy atom. The Labute approximate surface area is 291 Å². The highest BCUT2D eigenvalue weighted by Gasteiger charge is 2.13. The van der Waals surface area contributed by atoms with Gasteiger partial charge in [0.1, 0.15) is 0 Å². The van der Waals surface area contributed by atoms with Gasteiger partial charge in [0.25, 0.3) is 0 Å². The molecule has 0 fully saturated rings. The van der Waals surface area contributed by atoms with Crippen molar-refractivity contribution in [3.05, 3.63) is 0 Å². The molecule has 0 aliphatic heterocycles. The largest absolute Gasteiger partial charge is 0.466 e. The van der Waals surface area contributed by atoms with Crippen molar-refractivity contribution in [1.29, 1.82) is 0 Å². The van der Waals surface area contributed by atoms with Crippen molar-refractivity contribution >= 4 is 11.9 Å². The first-order valence-corrected chi connectivity index (χ1v) is 20.2. The topological polar surface area (TPSA) is 76.1 Å². The Hall–Kier alpha value is -1.58. The summed E-state index contributed by atoms with van der Waals surface area (Å²) in [6.07, 6.45) is 29.3. The standard InChI is InChI=1S/C41H77NO5/c1-4-7-10-13-15-20-27-37-46-40(44)32-24-26-34-42(35-28-36-43)33-25-19-16-18-23-31-41(45)47-38-39(29-21-12-9-6-3)30-22-17-14-11-8-5-2/h39,43H,4-12,14,16-38H2,1-3H3. The molecule has 0 heterocycles. The third kappa shape index (κ3) is 34.1. The van der Waals surface area contributed by atoms with E-state index in [9.17, 15) is 14.7 Å². The molecule has 1 atom stereocenters. The lowest BCUT2D eigenvalue weighted by Crippen LogP contribution is -2.28. The fourth-order valence-electron chi connectivity index (χ4n) is 5.90. The summed E-state index contributed by atoms with van der Waals surface area (Å²) in [6, 6.07) is 0. The summed E-state index contributed by atoms with van der Waals surface area (Å²) in [4.78, 5) is 26.9. The molecule has 47 heavy (non-hydrogen) atoms. The average Bonchev–Trinajstić information content (AvgIpc) is 3.07. The highest BCUT2D eigenvalue weighted by atomic mass is 16.5. The molecule has 276 valence electrons. The predicted molar refractivity (Wildman–Crippen MR) is 198 cm³/mol. The molecule has 6 heteroatoms. The van der Waals surface area contributed by atoms with Crippen molar-refractivity contribution in [1.82, 2.24) is 4.90 Å². The smallest absolute Gasteiger partial charge is 0.305 e. The summed E-state index contributed by atoms with van der Waals surface area (Å²) in [6.45, 7) is 10.8. The van der Waals surface area contributed by atoms with E-state index in [1.54, 1.807) is 0 Å². The quantitative estimate of drug-likeness (QED) is 0.0413. The number of carbonyl (C=O) groups is 2. The van der Waals surface area contributed by atoms with Crippen LogP contribution in [0.2, 0.25) is 0 Å². The zero-order valence-electron chi connectivity index (χ0n) is 31.4. The molecule has 0 aliphatic carbocycles. The van der Waals surface area contributed by atoms with Gasteiger partial charge in [-0.3, -0.25) is 9.59 Å². The van der Waals surface area contributed by atoms with Crippen molar-refractivity contribution in [3.8, 4) is 11.8 Å². The maximum atomic E-state index is 12.5. The molecule has 0 aromatic heterocycles. The van der Waals surface area contributed by atoms with E-state index < -0.39 is 0 Å². The van der Waals surface area contributed by atoms with Gasteiger partial charge in [-0.05, 0) is 76.8 Å². The van der Waals surface area contributed by atoms with Gasteiger partial charge >= 0.3 is 11.9 Å². The van der Waals surface area contributed by atoms with Crippen LogP contribution in [0.3, 0.4) is 0 Å². The normalized spacial score (nSPS) is 11.8. The molecule has 0 amide bonds. The number of unbranched alkanes of at least 4 members (excludes halogenated alkanes) is 16. The van der Waals surface area contributed by atoms with E-state index >= 15 is 0 Å². The maximum absolute atomic E-state index is 12.5. The van der Waals surface area contributed by atoms with Crippen LogP contribution >= 0.6 is 0 Å². The Kier molecular flexibility index (Phi) is 36.0. The minimum atomic E-state index is -0.106. The highest BCUT2D eigenvalue weighted by molar-refractivity contribution is 5.69. The zero-order valence-corrected chi connectivity index (χ0v) is 31.4. The van der Waals surface area contributed by atoms with E-state index in [2.05, 4.69) is 37.5 Å². The molecular formula is C41H77NO5. The zero-order chi connectivity index (χ0) is 34.5. The third-order valence-corrected chi connectivity index (χ3v) is 8.99. The average molecular weight is 664 g/mol. The van der Waals surface area contributed by atoms with Crippen molar-refractivity contribution < 1.29 is 24.2 Å². The first-order chi connectivity index (χ1) is 23.1. The monoisotopic (exact) mass is 664 g/mol. The SMILES string of the molecule is CCCCC#CCCCOC(=O)CCCCN(CCCO)CCCCCCCC(=O)OCC(CCCCCC)CCCCCCCC. The van der Waals surface area contributed by atoms with Gasteiger partial charge in [0.15, 0.2) is 0 Å². The predicted octanol–water partition coefficient (Wildman–Crippen LogP) is 10.6. The van der Waals surface area contributed by atoms with Crippen molar-refractivity contribution in [3.63, 3.8) is 0 Å². The Morgan fingerprint density at radius 2 is 1.02 bits per heavy atom. The van der Waals surface area contributed by atoms with Crippen molar-refractivity contribution in [2.45, 2.75) is 194 Å². The molecule has 0 radical (unpaired) electrons. The van der Waals surface area contributed by atoms with Crippen LogP contribution in [-0.2, 0) is 19.1 Å². The van der Waals surface area contributed by atoms with E-state index in [1.807, 2.05) is 0 Å². The minimum absolute atomic E-state index is 0.0160. The number of hydrogen-bond acceptors (Lipinski definition) is 6. The summed E-state index contributed by atoms with van der Waals surface area (Å²) in [5, 5.41) is 9.31. The molecule has 0 aromatic carbocycles. The summed E-state index contributed by atoms with van der Waals surface area (Å²) in [7, 11) is 0. The third-order valence-electron chi connectivity index (χ3n) is 8.99. The van der Waals surface area contributed by atoms with Gasteiger partial charge in [-0.25, -0.2) is 0 Å². The highest BCUT2D eigenvalue weighted by Crippen LogP contribution is 2.20. The maximum Gasteiger partial charge on any atom is 0.305 e. The number of aliphatic hydroxyl groups is 1.